The normalized spacial score (nSPS) is 27.6. The second-order valence-corrected chi connectivity index (χ2v) is 12.2. The first kappa shape index (κ1) is 23.3. The van der Waals surface area contributed by atoms with E-state index >= 15 is 4.39 Å². The lowest BCUT2D eigenvalue weighted by Crippen LogP contribution is -2.55. The van der Waals surface area contributed by atoms with Gasteiger partial charge in [-0.05, 0) is 75.3 Å². The van der Waals surface area contributed by atoms with Gasteiger partial charge in [-0.2, -0.15) is 0 Å². The van der Waals surface area contributed by atoms with Crippen molar-refractivity contribution in [2.24, 2.45) is 5.92 Å². The highest BCUT2D eigenvalue weighted by Gasteiger charge is 2.55. The number of hydrogen-bond donors (Lipinski definition) is 1. The molecule has 6 nitrogen and oxygen atoms in total. The van der Waals surface area contributed by atoms with Crippen molar-refractivity contribution in [2.45, 2.75) is 54.5 Å². The smallest absolute Gasteiger partial charge is 0.317 e. The largest absolute Gasteiger partial charge is 0.325 e. The lowest BCUT2D eigenvalue weighted by molar-refractivity contribution is 0.0762. The molecule has 1 saturated heterocycles. The molecule has 0 bridgehead atoms. The number of nitrogens with zero attached hydrogens (tertiary/aromatic N) is 2. The van der Waals surface area contributed by atoms with Gasteiger partial charge in [0.2, 0.25) is 0 Å². The van der Waals surface area contributed by atoms with Crippen LogP contribution < -0.4 is 10.2 Å². The van der Waals surface area contributed by atoms with Gasteiger partial charge in [-0.15, -0.1) is 0 Å². The maximum Gasteiger partial charge on any atom is 0.325 e. The Balaban J connectivity index is 1.45. The van der Waals surface area contributed by atoms with E-state index in [1.807, 2.05) is 18.0 Å². The van der Waals surface area contributed by atoms with Crippen molar-refractivity contribution in [1.29, 1.82) is 0 Å². The van der Waals surface area contributed by atoms with E-state index in [9.17, 15) is 13.2 Å². The molecule has 2 amide bonds. The summed E-state index contributed by atoms with van der Waals surface area (Å²) < 4.78 is 38.8. The fraction of sp³-hybridized carbons (Fsp3) is 0.500. The fourth-order valence-corrected chi connectivity index (χ4v) is 6.39. The summed E-state index contributed by atoms with van der Waals surface area (Å²) >= 11 is 0. The van der Waals surface area contributed by atoms with Crippen LogP contribution in [0.1, 0.15) is 44.1 Å². The van der Waals surface area contributed by atoms with E-state index < -0.39 is 15.7 Å². The standard InChI is InChI=1S/C26H32FN3O3S/c1-28-26(20-6-4-3-5-7-20)14-12-25(13-15-26)18-29(24(31)30(25)17-19-8-9-19)23-11-10-21(16-22(23)27)34(2,32)33/h3-7,10-11,16,19,28H,8-9,12-15,17-18H2,1-2H3/t25-,26-. The van der Waals surface area contributed by atoms with Gasteiger partial charge in [0.25, 0.3) is 0 Å². The van der Waals surface area contributed by atoms with Gasteiger partial charge in [0.05, 0.1) is 22.7 Å². The summed E-state index contributed by atoms with van der Waals surface area (Å²) in [5.74, 6) is -0.160. The number of carbonyl (C=O) groups excluding carboxylic acids is 1. The van der Waals surface area contributed by atoms with Crippen LogP contribution in [0.3, 0.4) is 0 Å². The zero-order valence-corrected chi connectivity index (χ0v) is 20.6. The van der Waals surface area contributed by atoms with E-state index in [4.69, 9.17) is 0 Å². The Morgan fingerprint density at radius 2 is 1.74 bits per heavy atom. The molecule has 3 aliphatic rings. The van der Waals surface area contributed by atoms with Crippen LogP contribution in [0.2, 0.25) is 0 Å². The molecule has 2 aromatic carbocycles. The van der Waals surface area contributed by atoms with Crippen molar-refractivity contribution in [3.8, 4) is 0 Å². The molecule has 182 valence electrons. The molecule has 1 heterocycles. The topological polar surface area (TPSA) is 69.7 Å². The number of hydrogen-bond acceptors (Lipinski definition) is 4. The third kappa shape index (κ3) is 4.01. The van der Waals surface area contributed by atoms with Gasteiger partial charge in [-0.1, -0.05) is 30.3 Å². The van der Waals surface area contributed by atoms with E-state index in [-0.39, 0.29) is 27.7 Å². The quantitative estimate of drug-likeness (QED) is 0.662. The number of benzene rings is 2. The van der Waals surface area contributed by atoms with E-state index in [0.29, 0.717) is 19.0 Å². The molecule has 2 aromatic rings. The van der Waals surface area contributed by atoms with Gasteiger partial charge in [-0.3, -0.25) is 4.90 Å². The first-order valence-corrected chi connectivity index (χ1v) is 13.9. The second-order valence-electron chi connectivity index (χ2n) is 10.2. The van der Waals surface area contributed by atoms with Gasteiger partial charge < -0.3 is 10.2 Å². The number of amides is 2. The number of rotatable bonds is 6. The predicted octanol–water partition coefficient (Wildman–Crippen LogP) is 4.31. The molecule has 0 atom stereocenters. The number of carbonyl (C=O) groups is 1. The van der Waals surface area contributed by atoms with E-state index in [1.54, 1.807) is 0 Å². The Kier molecular flexibility index (Phi) is 5.72. The monoisotopic (exact) mass is 485 g/mol. The van der Waals surface area contributed by atoms with Gasteiger partial charge in [-0.25, -0.2) is 17.6 Å². The highest BCUT2D eigenvalue weighted by molar-refractivity contribution is 7.90. The van der Waals surface area contributed by atoms with Gasteiger partial charge in [0.1, 0.15) is 5.82 Å². The minimum absolute atomic E-state index is 0.0794. The van der Waals surface area contributed by atoms with Crippen LogP contribution in [-0.2, 0) is 15.4 Å². The molecule has 0 unspecified atom stereocenters. The zero-order valence-electron chi connectivity index (χ0n) is 19.8. The highest BCUT2D eigenvalue weighted by atomic mass is 32.2. The molecule has 2 saturated carbocycles. The average molecular weight is 486 g/mol. The SMILES string of the molecule is CN[C@]1(c2ccccc2)CC[C@@]2(CC1)CN(c1ccc(S(C)(=O)=O)cc1F)C(=O)N2CC1CC1. The van der Waals surface area contributed by atoms with Crippen molar-refractivity contribution in [3.05, 3.63) is 59.9 Å². The maximum atomic E-state index is 15.1. The molecule has 1 N–H and O–H groups in total. The van der Waals surface area contributed by atoms with Crippen LogP contribution in [0, 0.1) is 11.7 Å². The molecule has 0 aromatic heterocycles. The molecule has 8 heteroatoms. The van der Waals surface area contributed by atoms with Crippen LogP contribution in [0.15, 0.2) is 53.4 Å². The number of sulfone groups is 1. The summed E-state index contributed by atoms with van der Waals surface area (Å²) in [6, 6.07) is 14.1. The van der Waals surface area contributed by atoms with Crippen LogP contribution >= 0.6 is 0 Å². The molecule has 1 spiro atoms. The van der Waals surface area contributed by atoms with Crippen molar-refractivity contribution >= 4 is 21.6 Å². The highest BCUT2D eigenvalue weighted by Crippen LogP contribution is 2.49. The molecule has 5 rings (SSSR count). The Labute approximate surface area is 201 Å². The summed E-state index contributed by atoms with van der Waals surface area (Å²) in [5.41, 5.74) is 0.918. The lowest BCUT2D eigenvalue weighted by Gasteiger charge is -2.48. The second kappa shape index (κ2) is 8.34. The van der Waals surface area contributed by atoms with Crippen molar-refractivity contribution in [2.75, 3.05) is 31.3 Å². The molecular formula is C26H32FN3O3S. The minimum atomic E-state index is -3.53. The third-order valence-electron chi connectivity index (χ3n) is 8.10. The molecule has 1 aliphatic heterocycles. The van der Waals surface area contributed by atoms with Crippen LogP contribution in [0.5, 0.6) is 0 Å². The fourth-order valence-electron chi connectivity index (χ4n) is 5.76. The van der Waals surface area contributed by atoms with Crippen LogP contribution in [-0.4, -0.2) is 51.3 Å². The minimum Gasteiger partial charge on any atom is -0.317 e. The Bertz CT molecular complexity index is 1190. The van der Waals surface area contributed by atoms with Crippen LogP contribution in [0.25, 0.3) is 0 Å². The van der Waals surface area contributed by atoms with Gasteiger partial charge in [0.15, 0.2) is 9.84 Å². The molecular weight excluding hydrogens is 453 g/mol. The van der Waals surface area contributed by atoms with Crippen molar-refractivity contribution in [1.82, 2.24) is 10.2 Å². The molecule has 34 heavy (non-hydrogen) atoms. The summed E-state index contributed by atoms with van der Waals surface area (Å²) in [5, 5.41) is 3.56. The predicted molar refractivity (Wildman–Crippen MR) is 130 cm³/mol. The number of nitrogens with one attached hydrogen (secondary N) is 1. The lowest BCUT2D eigenvalue weighted by atomic mass is 9.69. The molecule has 0 radical (unpaired) electrons. The van der Waals surface area contributed by atoms with E-state index in [0.717, 1.165) is 50.8 Å². The number of halogens is 1. The summed E-state index contributed by atoms with van der Waals surface area (Å²) in [7, 11) is -1.53. The first-order valence-electron chi connectivity index (χ1n) is 12.0. The molecule has 3 fully saturated rings. The van der Waals surface area contributed by atoms with Crippen molar-refractivity contribution < 1.29 is 17.6 Å². The summed E-state index contributed by atoms with van der Waals surface area (Å²) in [4.78, 5) is 17.1. The Hall–Kier alpha value is -2.45. The third-order valence-corrected chi connectivity index (χ3v) is 9.21. The number of urea groups is 1. The molecule has 2 aliphatic carbocycles. The summed E-state index contributed by atoms with van der Waals surface area (Å²) in [6.07, 6.45) is 6.71. The first-order chi connectivity index (χ1) is 16.2. The van der Waals surface area contributed by atoms with Gasteiger partial charge in [0, 0.05) is 18.3 Å². The zero-order chi connectivity index (χ0) is 24.1. The average Bonchev–Trinajstić information content (AvgIpc) is 3.61. The maximum absolute atomic E-state index is 15.1. The Morgan fingerprint density at radius 1 is 1.06 bits per heavy atom. The van der Waals surface area contributed by atoms with E-state index in [1.165, 1.54) is 22.6 Å². The van der Waals surface area contributed by atoms with Crippen molar-refractivity contribution in [3.63, 3.8) is 0 Å². The Morgan fingerprint density at radius 3 is 2.29 bits per heavy atom. The van der Waals surface area contributed by atoms with Crippen LogP contribution in [0.4, 0.5) is 14.9 Å². The van der Waals surface area contributed by atoms with E-state index in [2.05, 4.69) is 29.6 Å². The van der Waals surface area contributed by atoms with Gasteiger partial charge >= 0.3 is 6.03 Å². The summed E-state index contributed by atoms with van der Waals surface area (Å²) in [6.45, 7) is 1.12. The number of anilines is 1.